The molecule has 0 unspecified atom stereocenters. The Morgan fingerprint density at radius 1 is 1.11 bits per heavy atom. The number of nitrogens with zero attached hydrogens (tertiary/aromatic N) is 3. The number of benzene rings is 2. The average Bonchev–Trinajstić information content (AvgIpc) is 3.12. The van der Waals surface area contributed by atoms with Gasteiger partial charge < -0.3 is 10.2 Å². The van der Waals surface area contributed by atoms with Gasteiger partial charge in [0, 0.05) is 44.8 Å². The van der Waals surface area contributed by atoms with Crippen LogP contribution in [0.2, 0.25) is 0 Å². The van der Waals surface area contributed by atoms with E-state index < -0.39 is 0 Å². The maximum Gasteiger partial charge on any atom is 0.251 e. The lowest BCUT2D eigenvalue weighted by molar-refractivity contribution is 0.0948. The maximum atomic E-state index is 12.1. The van der Waals surface area contributed by atoms with Gasteiger partial charge in [-0.2, -0.15) is 0 Å². The van der Waals surface area contributed by atoms with Crippen molar-refractivity contribution in [1.29, 1.82) is 0 Å². The molecule has 0 aliphatic carbocycles. The molecule has 0 atom stereocenters. The highest BCUT2D eigenvalue weighted by molar-refractivity contribution is 7.22. The van der Waals surface area contributed by atoms with Crippen LogP contribution in [-0.4, -0.2) is 55.1 Å². The number of nitrogens with one attached hydrogen (secondary N) is 1. The van der Waals surface area contributed by atoms with Gasteiger partial charge in [0.1, 0.15) is 0 Å². The SMILES string of the molecule is Cc1ccc2nc(N3CCN(CCNC(=O)c4ccccc4)CC3)sc2c1. The number of piperazine rings is 1. The summed E-state index contributed by atoms with van der Waals surface area (Å²) >= 11 is 1.78. The van der Waals surface area contributed by atoms with E-state index in [0.717, 1.165) is 43.4 Å². The Morgan fingerprint density at radius 3 is 2.67 bits per heavy atom. The molecule has 5 nitrogen and oxygen atoms in total. The van der Waals surface area contributed by atoms with E-state index in [0.29, 0.717) is 12.1 Å². The van der Waals surface area contributed by atoms with Crippen LogP contribution in [-0.2, 0) is 0 Å². The molecule has 4 rings (SSSR count). The molecule has 0 radical (unpaired) electrons. The molecule has 6 heteroatoms. The highest BCUT2D eigenvalue weighted by Crippen LogP contribution is 2.29. The van der Waals surface area contributed by atoms with Crippen molar-refractivity contribution in [3.63, 3.8) is 0 Å². The summed E-state index contributed by atoms with van der Waals surface area (Å²) in [5, 5.41) is 4.13. The zero-order valence-electron chi connectivity index (χ0n) is 15.5. The number of carbonyl (C=O) groups excluding carboxylic acids is 1. The second-order valence-electron chi connectivity index (χ2n) is 6.92. The summed E-state index contributed by atoms with van der Waals surface area (Å²) in [6.45, 7) is 7.62. The van der Waals surface area contributed by atoms with Crippen LogP contribution in [0.4, 0.5) is 5.13 Å². The zero-order valence-corrected chi connectivity index (χ0v) is 16.3. The molecule has 0 bridgehead atoms. The van der Waals surface area contributed by atoms with Gasteiger partial charge in [0.05, 0.1) is 10.2 Å². The van der Waals surface area contributed by atoms with E-state index in [1.165, 1.54) is 10.3 Å². The molecule has 1 fully saturated rings. The fraction of sp³-hybridized carbons (Fsp3) is 0.333. The summed E-state index contributed by atoms with van der Waals surface area (Å²) in [6.07, 6.45) is 0. The van der Waals surface area contributed by atoms with Crippen LogP contribution in [0.5, 0.6) is 0 Å². The Kier molecular flexibility index (Phi) is 5.36. The molecule has 140 valence electrons. The Morgan fingerprint density at radius 2 is 1.89 bits per heavy atom. The van der Waals surface area contributed by atoms with Crippen molar-refractivity contribution in [2.45, 2.75) is 6.92 Å². The van der Waals surface area contributed by atoms with Crippen molar-refractivity contribution >= 4 is 32.6 Å². The van der Waals surface area contributed by atoms with Crippen LogP contribution in [0, 0.1) is 6.92 Å². The van der Waals surface area contributed by atoms with Crippen LogP contribution < -0.4 is 10.2 Å². The van der Waals surface area contributed by atoms with Crippen LogP contribution in [0.1, 0.15) is 15.9 Å². The van der Waals surface area contributed by atoms with E-state index in [1.54, 1.807) is 11.3 Å². The van der Waals surface area contributed by atoms with Crippen molar-refractivity contribution in [2.75, 3.05) is 44.2 Å². The van der Waals surface area contributed by atoms with Gasteiger partial charge in [-0.05, 0) is 36.8 Å². The lowest BCUT2D eigenvalue weighted by atomic mass is 10.2. The Labute approximate surface area is 163 Å². The second kappa shape index (κ2) is 8.06. The lowest BCUT2D eigenvalue weighted by Gasteiger charge is -2.34. The van der Waals surface area contributed by atoms with E-state index in [2.05, 4.69) is 40.2 Å². The molecular weight excluding hydrogens is 356 g/mol. The van der Waals surface area contributed by atoms with Crippen molar-refractivity contribution < 1.29 is 4.79 Å². The topological polar surface area (TPSA) is 48.5 Å². The number of anilines is 1. The van der Waals surface area contributed by atoms with Gasteiger partial charge in [-0.3, -0.25) is 9.69 Å². The Balaban J connectivity index is 1.25. The number of hydrogen-bond donors (Lipinski definition) is 1. The van der Waals surface area contributed by atoms with Gasteiger partial charge in [0.15, 0.2) is 5.13 Å². The van der Waals surface area contributed by atoms with Crippen LogP contribution >= 0.6 is 11.3 Å². The van der Waals surface area contributed by atoms with E-state index in [9.17, 15) is 4.79 Å². The summed E-state index contributed by atoms with van der Waals surface area (Å²) in [4.78, 5) is 21.7. The molecule has 0 saturated carbocycles. The minimum atomic E-state index is -0.000921. The number of fused-ring (bicyclic) bond motifs is 1. The second-order valence-corrected chi connectivity index (χ2v) is 7.93. The lowest BCUT2D eigenvalue weighted by Crippen LogP contribution is -2.48. The predicted molar refractivity (Wildman–Crippen MR) is 112 cm³/mol. The monoisotopic (exact) mass is 380 g/mol. The molecule has 1 N–H and O–H groups in total. The van der Waals surface area contributed by atoms with Crippen LogP contribution in [0.3, 0.4) is 0 Å². The largest absolute Gasteiger partial charge is 0.351 e. The van der Waals surface area contributed by atoms with Crippen molar-refractivity contribution in [1.82, 2.24) is 15.2 Å². The first kappa shape index (κ1) is 17.9. The van der Waals surface area contributed by atoms with Gasteiger partial charge in [-0.1, -0.05) is 35.6 Å². The quantitative estimate of drug-likeness (QED) is 0.739. The predicted octanol–water partition coefficient (Wildman–Crippen LogP) is 3.16. The third-order valence-corrected chi connectivity index (χ3v) is 6.00. The summed E-state index contributed by atoms with van der Waals surface area (Å²) in [6, 6.07) is 15.8. The fourth-order valence-corrected chi connectivity index (χ4v) is 4.45. The third kappa shape index (κ3) is 4.28. The molecular formula is C21H24N4OS. The Hall–Kier alpha value is -2.44. The summed E-state index contributed by atoms with van der Waals surface area (Å²) in [5.41, 5.74) is 3.08. The smallest absolute Gasteiger partial charge is 0.251 e. The molecule has 1 aliphatic heterocycles. The van der Waals surface area contributed by atoms with E-state index in [4.69, 9.17) is 4.98 Å². The number of thiazole rings is 1. The minimum absolute atomic E-state index is 0.000921. The van der Waals surface area contributed by atoms with Gasteiger partial charge in [0.25, 0.3) is 5.91 Å². The number of amides is 1. The summed E-state index contributed by atoms with van der Waals surface area (Å²) in [5.74, 6) is -0.000921. The number of hydrogen-bond acceptors (Lipinski definition) is 5. The standard InChI is InChI=1S/C21H24N4OS/c1-16-7-8-18-19(15-16)27-21(23-18)25-13-11-24(12-14-25)10-9-22-20(26)17-5-3-2-4-6-17/h2-8,15H,9-14H2,1H3,(H,22,26). The minimum Gasteiger partial charge on any atom is -0.351 e. The normalized spacial score (nSPS) is 15.2. The average molecular weight is 381 g/mol. The molecule has 3 aromatic rings. The van der Waals surface area contributed by atoms with Crippen LogP contribution in [0.15, 0.2) is 48.5 Å². The van der Waals surface area contributed by atoms with Crippen LogP contribution in [0.25, 0.3) is 10.2 Å². The van der Waals surface area contributed by atoms with E-state index in [-0.39, 0.29) is 5.91 Å². The third-order valence-electron chi connectivity index (χ3n) is 4.93. The van der Waals surface area contributed by atoms with E-state index in [1.807, 2.05) is 30.3 Å². The van der Waals surface area contributed by atoms with Gasteiger partial charge in [-0.25, -0.2) is 4.98 Å². The molecule has 1 amide bonds. The number of aromatic nitrogens is 1. The molecule has 1 saturated heterocycles. The highest BCUT2D eigenvalue weighted by Gasteiger charge is 2.19. The maximum absolute atomic E-state index is 12.1. The molecule has 2 aromatic carbocycles. The number of aryl methyl sites for hydroxylation is 1. The summed E-state index contributed by atoms with van der Waals surface area (Å²) in [7, 11) is 0. The summed E-state index contributed by atoms with van der Waals surface area (Å²) < 4.78 is 1.26. The molecule has 1 aromatic heterocycles. The van der Waals surface area contributed by atoms with Gasteiger partial charge >= 0.3 is 0 Å². The highest BCUT2D eigenvalue weighted by atomic mass is 32.1. The molecule has 2 heterocycles. The molecule has 0 spiro atoms. The van der Waals surface area contributed by atoms with Crippen molar-refractivity contribution in [3.05, 3.63) is 59.7 Å². The van der Waals surface area contributed by atoms with E-state index >= 15 is 0 Å². The first-order valence-electron chi connectivity index (χ1n) is 9.37. The Bertz CT molecular complexity index is 916. The van der Waals surface area contributed by atoms with Gasteiger partial charge in [0.2, 0.25) is 0 Å². The number of rotatable bonds is 5. The first-order valence-corrected chi connectivity index (χ1v) is 10.2. The zero-order chi connectivity index (χ0) is 18.6. The van der Waals surface area contributed by atoms with Crippen molar-refractivity contribution in [2.24, 2.45) is 0 Å². The van der Waals surface area contributed by atoms with Gasteiger partial charge in [-0.15, -0.1) is 0 Å². The molecule has 1 aliphatic rings. The fourth-order valence-electron chi connectivity index (χ4n) is 3.34. The van der Waals surface area contributed by atoms with Crippen molar-refractivity contribution in [3.8, 4) is 0 Å². The molecule has 27 heavy (non-hydrogen) atoms. The number of carbonyl (C=O) groups is 1. The first-order chi connectivity index (χ1) is 13.2.